The monoisotopic (exact) mass is 690 g/mol. The molecule has 0 aliphatic heterocycles. The van der Waals surface area contributed by atoms with Gasteiger partial charge in [0.05, 0.1) is 0 Å². The van der Waals surface area contributed by atoms with Crippen molar-refractivity contribution in [3.63, 3.8) is 0 Å². The second-order valence-electron chi connectivity index (χ2n) is 14.5. The molecule has 0 bridgehead atoms. The third-order valence-corrected chi connectivity index (χ3v) is 17.7. The van der Waals surface area contributed by atoms with Gasteiger partial charge in [-0.3, -0.25) is 0 Å². The Morgan fingerprint density at radius 1 is 0.791 bits per heavy atom. The molecule has 2 aliphatic rings. The molecular weight excluding hydrogens is 643 g/mol. The Labute approximate surface area is 282 Å². The molecule has 0 fully saturated rings. The molecule has 228 valence electrons. The van der Waals surface area contributed by atoms with E-state index in [-0.39, 0.29) is 35.6 Å². The molecule has 3 aromatic carbocycles. The van der Waals surface area contributed by atoms with Gasteiger partial charge in [-0.25, -0.2) is 0 Å². The number of allylic oxidation sites excluding steroid dienone is 4. The Kier molecular flexibility index (Phi) is 11.9. The number of aryl methyl sites for hydroxylation is 2. The normalized spacial score (nSPS) is 14.4. The van der Waals surface area contributed by atoms with E-state index in [2.05, 4.69) is 135 Å². The zero-order valence-electron chi connectivity index (χ0n) is 27.8. The van der Waals surface area contributed by atoms with Gasteiger partial charge in [-0.1, -0.05) is 0 Å². The van der Waals surface area contributed by atoms with Crippen LogP contribution in [0, 0.1) is 13.8 Å². The van der Waals surface area contributed by atoms with Crippen molar-refractivity contribution in [1.29, 1.82) is 0 Å². The Morgan fingerprint density at radius 3 is 1.77 bits per heavy atom. The van der Waals surface area contributed by atoms with Crippen LogP contribution in [-0.4, -0.2) is 3.21 Å². The van der Waals surface area contributed by atoms with Gasteiger partial charge >= 0.3 is 260 Å². The van der Waals surface area contributed by atoms with Crippen LogP contribution >= 0.6 is 0 Å². The van der Waals surface area contributed by atoms with Crippen LogP contribution in [0.3, 0.4) is 0 Å². The largest absolute Gasteiger partial charge is 1.00 e. The predicted octanol–water partition coefficient (Wildman–Crippen LogP) is 5.04. The maximum absolute atomic E-state index is 2.62. The van der Waals surface area contributed by atoms with Gasteiger partial charge < -0.3 is 24.8 Å². The number of hydrogen-bond donors (Lipinski definition) is 0. The zero-order valence-corrected chi connectivity index (χ0v) is 31.8. The molecular formula is C40H50Cl2Zr. The van der Waals surface area contributed by atoms with E-state index in [1.165, 1.54) is 58.2 Å². The van der Waals surface area contributed by atoms with E-state index in [9.17, 15) is 0 Å². The van der Waals surface area contributed by atoms with Gasteiger partial charge in [0.25, 0.3) is 0 Å². The molecule has 0 saturated heterocycles. The van der Waals surface area contributed by atoms with Gasteiger partial charge in [0, 0.05) is 0 Å². The number of fused-ring (bicyclic) bond motifs is 3. The molecule has 2 aliphatic carbocycles. The van der Waals surface area contributed by atoms with Crippen molar-refractivity contribution in [2.75, 3.05) is 0 Å². The summed E-state index contributed by atoms with van der Waals surface area (Å²) < 4.78 is 4.23. The summed E-state index contributed by atoms with van der Waals surface area (Å²) in [5, 5.41) is 0. The van der Waals surface area contributed by atoms with E-state index >= 15 is 0 Å². The predicted molar refractivity (Wildman–Crippen MR) is 177 cm³/mol. The summed E-state index contributed by atoms with van der Waals surface area (Å²) in [4.78, 5) is 0. The average Bonchev–Trinajstić information content (AvgIpc) is 3.53. The number of hydrogen-bond acceptors (Lipinski definition) is 0. The standard InChI is InChI=1S/C23H29.C12H16.C5H5.2ClH.Zr/c1-14-9-16-11-17-10-15(2)21(23(6,7)8)13-19(17)18(16)12-20(14)22(3,4)5;1-2-3-4-6-9-12-10-7-5-8-11-12;1-2-4-5-3-1;;;/h9-13H,1-8H3;5,7-8,10-11H,2-4,9H2,1H3;1-3H,4H2;2*1H;/q;;;;;+2/p-2. The topological polar surface area (TPSA) is 0 Å². The van der Waals surface area contributed by atoms with Crippen molar-refractivity contribution < 1.29 is 46.1 Å². The smallest absolute Gasteiger partial charge is 1.00 e. The average molecular weight is 693 g/mol. The molecule has 43 heavy (non-hydrogen) atoms. The maximum atomic E-state index is 2.62. The Balaban J connectivity index is 0.00000253. The van der Waals surface area contributed by atoms with E-state index in [0.29, 0.717) is 3.63 Å². The van der Waals surface area contributed by atoms with Crippen LogP contribution in [0.4, 0.5) is 0 Å². The molecule has 0 saturated carbocycles. The van der Waals surface area contributed by atoms with Crippen LogP contribution in [0.1, 0.15) is 117 Å². The van der Waals surface area contributed by atoms with Crippen LogP contribution < -0.4 is 24.8 Å². The van der Waals surface area contributed by atoms with Crippen molar-refractivity contribution in [1.82, 2.24) is 0 Å². The Bertz CT molecular complexity index is 1470. The van der Waals surface area contributed by atoms with E-state index < -0.39 is 21.3 Å². The summed E-state index contributed by atoms with van der Waals surface area (Å²) in [5.41, 5.74) is 13.9. The quantitative estimate of drug-likeness (QED) is 0.326. The first-order chi connectivity index (χ1) is 19.4. The first-order valence-electron chi connectivity index (χ1n) is 15.8. The van der Waals surface area contributed by atoms with E-state index in [4.69, 9.17) is 0 Å². The van der Waals surface area contributed by atoms with Crippen molar-refractivity contribution >= 4 is 3.21 Å². The minimum Gasteiger partial charge on any atom is -1.00 e. The van der Waals surface area contributed by atoms with Crippen molar-refractivity contribution in [3.8, 4) is 11.1 Å². The molecule has 0 radical (unpaired) electrons. The van der Waals surface area contributed by atoms with Crippen LogP contribution in [0.15, 0.2) is 76.1 Å². The third kappa shape index (κ3) is 7.48. The fraction of sp³-hybridized carbons (Fsp3) is 0.425. The molecule has 0 N–H and O–H groups in total. The number of rotatable bonds is 7. The molecule has 5 rings (SSSR count). The zero-order chi connectivity index (χ0) is 29.5. The molecule has 3 aromatic rings. The first-order valence-corrected chi connectivity index (χ1v) is 19.7. The number of unbranched alkanes of at least 4 members (excludes halogenated alkanes) is 1. The van der Waals surface area contributed by atoms with Gasteiger partial charge in [0.2, 0.25) is 0 Å². The SMILES string of the molecule is CCCC/[C](Cc1ccccc1)=[Zr+2](/[C]1=CC=CC1)[CH]1c2cc(C)c(C(C)(C)C)cc2-c2cc(C(C)(C)C)c(C)cc21.[Cl-].[Cl-]. The minimum absolute atomic E-state index is 0. The molecule has 0 aromatic heterocycles. The number of benzene rings is 3. The minimum atomic E-state index is -2.39. The molecule has 0 heterocycles. The summed E-state index contributed by atoms with van der Waals surface area (Å²) in [6, 6.07) is 21.7. The Morgan fingerprint density at radius 2 is 1.33 bits per heavy atom. The van der Waals surface area contributed by atoms with Crippen LogP contribution in [0.2, 0.25) is 0 Å². The van der Waals surface area contributed by atoms with Gasteiger partial charge in [0.1, 0.15) is 0 Å². The molecule has 0 amide bonds. The number of halogens is 2. The summed E-state index contributed by atoms with van der Waals surface area (Å²) in [7, 11) is 0. The van der Waals surface area contributed by atoms with E-state index in [1.54, 1.807) is 14.4 Å². The summed E-state index contributed by atoms with van der Waals surface area (Å²) in [6.07, 6.45) is 13.4. The fourth-order valence-corrected chi connectivity index (χ4v) is 16.6. The van der Waals surface area contributed by atoms with Crippen LogP contribution in [0.25, 0.3) is 11.1 Å². The molecule has 0 spiro atoms. The fourth-order valence-electron chi connectivity index (χ4n) is 7.31. The van der Waals surface area contributed by atoms with E-state index in [1.807, 2.05) is 3.21 Å². The first kappa shape index (κ1) is 35.9. The second-order valence-corrected chi connectivity index (χ2v) is 21.3. The van der Waals surface area contributed by atoms with Crippen LogP contribution in [0.5, 0.6) is 0 Å². The van der Waals surface area contributed by atoms with Gasteiger partial charge in [-0.05, 0) is 0 Å². The van der Waals surface area contributed by atoms with Crippen molar-refractivity contribution in [3.05, 3.63) is 115 Å². The summed E-state index contributed by atoms with van der Waals surface area (Å²) in [6.45, 7) is 21.3. The second kappa shape index (κ2) is 14.3. The Hall–Kier alpha value is -1.53. The molecule has 0 nitrogen and oxygen atoms in total. The van der Waals surface area contributed by atoms with Gasteiger partial charge in [-0.2, -0.15) is 0 Å². The van der Waals surface area contributed by atoms with Crippen LogP contribution in [-0.2, 0) is 38.5 Å². The molecule has 0 unspecified atom stereocenters. The van der Waals surface area contributed by atoms with Crippen molar-refractivity contribution in [2.45, 2.75) is 109 Å². The van der Waals surface area contributed by atoms with E-state index in [0.717, 1.165) is 12.8 Å². The van der Waals surface area contributed by atoms with Crippen molar-refractivity contribution in [2.24, 2.45) is 0 Å². The summed E-state index contributed by atoms with van der Waals surface area (Å²) >= 11 is -2.39. The summed E-state index contributed by atoms with van der Waals surface area (Å²) in [5.74, 6) is 0. The van der Waals surface area contributed by atoms with Gasteiger partial charge in [-0.15, -0.1) is 0 Å². The third-order valence-electron chi connectivity index (χ3n) is 9.20. The molecule has 0 atom stereocenters. The van der Waals surface area contributed by atoms with Gasteiger partial charge in [0.15, 0.2) is 0 Å². The maximum Gasteiger partial charge on any atom is -1.00 e. The molecule has 3 heteroatoms.